The van der Waals surface area contributed by atoms with Crippen LogP contribution in [0.15, 0.2) is 17.5 Å². The summed E-state index contributed by atoms with van der Waals surface area (Å²) in [7, 11) is 1.32. The quantitative estimate of drug-likeness (QED) is 0.780. The van der Waals surface area contributed by atoms with Crippen LogP contribution in [0.4, 0.5) is 0 Å². The lowest BCUT2D eigenvalue weighted by atomic mass is 9.89. The topological polar surface area (TPSA) is 46.5 Å². The number of carbonyl (C=O) groups is 1. The van der Waals surface area contributed by atoms with Crippen molar-refractivity contribution in [1.82, 2.24) is 0 Å². The second kappa shape index (κ2) is 4.11. The minimum Gasteiger partial charge on any atom is -0.469 e. The minimum atomic E-state index is -1.15. The minimum absolute atomic E-state index is 0.400. The Morgan fingerprint density at radius 1 is 1.71 bits per heavy atom. The van der Waals surface area contributed by atoms with E-state index in [4.69, 9.17) is 0 Å². The maximum absolute atomic E-state index is 11.3. The van der Waals surface area contributed by atoms with Gasteiger partial charge in [0.1, 0.15) is 5.60 Å². The van der Waals surface area contributed by atoms with Crippen LogP contribution >= 0.6 is 11.3 Å². The lowest BCUT2D eigenvalue weighted by molar-refractivity contribution is -0.154. The zero-order valence-electron chi connectivity index (χ0n) is 8.48. The molecule has 2 atom stereocenters. The van der Waals surface area contributed by atoms with Crippen LogP contribution in [0, 0.1) is 5.92 Å². The SMILES string of the molecule is COC(=O)C(C)C(C)(O)c1cccs1. The predicted octanol–water partition coefficient (Wildman–Crippen LogP) is 1.76. The number of hydrogen-bond donors (Lipinski definition) is 1. The molecule has 4 heteroatoms. The van der Waals surface area contributed by atoms with Crippen molar-refractivity contribution in [3.63, 3.8) is 0 Å². The molecular weight excluding hydrogens is 200 g/mol. The van der Waals surface area contributed by atoms with Crippen molar-refractivity contribution < 1.29 is 14.6 Å². The molecule has 1 heterocycles. The molecule has 0 fully saturated rings. The fourth-order valence-corrected chi connectivity index (χ4v) is 2.06. The van der Waals surface area contributed by atoms with Gasteiger partial charge in [-0.25, -0.2) is 0 Å². The normalized spacial score (nSPS) is 17.1. The molecule has 0 bridgehead atoms. The van der Waals surface area contributed by atoms with Crippen LogP contribution in [0.3, 0.4) is 0 Å². The van der Waals surface area contributed by atoms with Crippen molar-refractivity contribution in [1.29, 1.82) is 0 Å². The Morgan fingerprint density at radius 2 is 2.36 bits per heavy atom. The fraction of sp³-hybridized carbons (Fsp3) is 0.500. The molecule has 2 unspecified atom stereocenters. The molecule has 1 aromatic heterocycles. The van der Waals surface area contributed by atoms with E-state index in [-0.39, 0.29) is 0 Å². The average molecular weight is 214 g/mol. The third-order valence-electron chi connectivity index (χ3n) is 2.42. The van der Waals surface area contributed by atoms with E-state index < -0.39 is 17.5 Å². The first-order valence-electron chi connectivity index (χ1n) is 4.34. The van der Waals surface area contributed by atoms with Crippen molar-refractivity contribution >= 4 is 17.3 Å². The van der Waals surface area contributed by atoms with Crippen LogP contribution in [-0.2, 0) is 15.1 Å². The summed E-state index contributed by atoms with van der Waals surface area (Å²) in [4.78, 5) is 12.0. The zero-order valence-corrected chi connectivity index (χ0v) is 9.30. The Labute approximate surface area is 87.3 Å². The molecule has 0 radical (unpaired) electrons. The first-order chi connectivity index (χ1) is 6.50. The maximum atomic E-state index is 11.3. The van der Waals surface area contributed by atoms with Gasteiger partial charge in [0.25, 0.3) is 0 Å². The van der Waals surface area contributed by atoms with Gasteiger partial charge in [0.05, 0.1) is 13.0 Å². The average Bonchev–Trinajstić information content (AvgIpc) is 2.68. The summed E-state index contributed by atoms with van der Waals surface area (Å²) in [5.74, 6) is -0.963. The van der Waals surface area contributed by atoms with Crippen LogP contribution < -0.4 is 0 Å². The van der Waals surface area contributed by atoms with Crippen LogP contribution in [0.1, 0.15) is 18.7 Å². The van der Waals surface area contributed by atoms with E-state index in [9.17, 15) is 9.90 Å². The van der Waals surface area contributed by atoms with E-state index in [2.05, 4.69) is 4.74 Å². The molecule has 3 nitrogen and oxygen atoms in total. The van der Waals surface area contributed by atoms with Gasteiger partial charge in [-0.05, 0) is 25.3 Å². The van der Waals surface area contributed by atoms with Gasteiger partial charge >= 0.3 is 5.97 Å². The zero-order chi connectivity index (χ0) is 10.8. The Kier molecular flexibility index (Phi) is 3.29. The van der Waals surface area contributed by atoms with Crippen LogP contribution in [0.5, 0.6) is 0 Å². The Hall–Kier alpha value is -0.870. The summed E-state index contributed by atoms with van der Waals surface area (Å²) in [6.45, 7) is 3.28. The van der Waals surface area contributed by atoms with Crippen molar-refractivity contribution in [3.05, 3.63) is 22.4 Å². The van der Waals surface area contributed by atoms with Gasteiger partial charge in [-0.2, -0.15) is 0 Å². The second-order valence-corrected chi connectivity index (χ2v) is 4.32. The maximum Gasteiger partial charge on any atom is 0.311 e. The Morgan fingerprint density at radius 3 is 2.79 bits per heavy atom. The molecule has 0 aliphatic rings. The largest absolute Gasteiger partial charge is 0.469 e. The Bertz CT molecular complexity index is 303. The molecule has 1 N–H and O–H groups in total. The third kappa shape index (κ3) is 1.96. The summed E-state index contributed by atoms with van der Waals surface area (Å²) in [5, 5.41) is 12.0. The molecule has 0 spiro atoms. The summed E-state index contributed by atoms with van der Waals surface area (Å²) >= 11 is 1.43. The van der Waals surface area contributed by atoms with Crippen molar-refractivity contribution in [3.8, 4) is 0 Å². The summed E-state index contributed by atoms with van der Waals surface area (Å²) in [6.07, 6.45) is 0. The summed E-state index contributed by atoms with van der Waals surface area (Å²) < 4.78 is 4.60. The molecule has 0 aromatic carbocycles. The molecular formula is C10H14O3S. The molecule has 0 aliphatic carbocycles. The van der Waals surface area contributed by atoms with E-state index in [0.717, 1.165) is 4.88 Å². The molecule has 0 saturated heterocycles. The van der Waals surface area contributed by atoms with Gasteiger partial charge in [-0.15, -0.1) is 11.3 Å². The number of aliphatic hydroxyl groups is 1. The van der Waals surface area contributed by atoms with Gasteiger partial charge in [-0.1, -0.05) is 6.07 Å². The highest BCUT2D eigenvalue weighted by molar-refractivity contribution is 7.10. The van der Waals surface area contributed by atoms with Gasteiger partial charge in [0.15, 0.2) is 0 Å². The number of esters is 1. The van der Waals surface area contributed by atoms with E-state index in [1.54, 1.807) is 13.8 Å². The molecule has 78 valence electrons. The second-order valence-electron chi connectivity index (χ2n) is 3.37. The third-order valence-corrected chi connectivity index (χ3v) is 3.51. The lowest BCUT2D eigenvalue weighted by Gasteiger charge is -2.27. The van der Waals surface area contributed by atoms with Crippen LogP contribution in [-0.4, -0.2) is 18.2 Å². The van der Waals surface area contributed by atoms with E-state index in [0.29, 0.717) is 0 Å². The number of carbonyl (C=O) groups excluding carboxylic acids is 1. The van der Waals surface area contributed by atoms with Gasteiger partial charge in [-0.3, -0.25) is 4.79 Å². The lowest BCUT2D eigenvalue weighted by Crippen LogP contribution is -2.35. The molecule has 14 heavy (non-hydrogen) atoms. The molecule has 1 aromatic rings. The standard InChI is InChI=1S/C10H14O3S/c1-7(9(11)13-3)10(2,12)8-5-4-6-14-8/h4-7,12H,1-3H3. The van der Waals surface area contributed by atoms with Crippen molar-refractivity contribution in [2.24, 2.45) is 5.92 Å². The van der Waals surface area contributed by atoms with E-state index >= 15 is 0 Å². The van der Waals surface area contributed by atoms with E-state index in [1.807, 2.05) is 17.5 Å². The highest BCUT2D eigenvalue weighted by atomic mass is 32.1. The van der Waals surface area contributed by atoms with Gasteiger partial charge in [0, 0.05) is 4.88 Å². The van der Waals surface area contributed by atoms with Gasteiger partial charge < -0.3 is 9.84 Å². The highest BCUT2D eigenvalue weighted by Crippen LogP contribution is 2.32. The molecule has 0 amide bonds. The molecule has 1 rings (SSSR count). The smallest absolute Gasteiger partial charge is 0.311 e. The van der Waals surface area contributed by atoms with E-state index in [1.165, 1.54) is 18.4 Å². The highest BCUT2D eigenvalue weighted by Gasteiger charge is 2.36. The number of thiophene rings is 1. The number of hydrogen-bond acceptors (Lipinski definition) is 4. The summed E-state index contributed by atoms with van der Waals surface area (Å²) in [6, 6.07) is 3.66. The van der Waals surface area contributed by atoms with Crippen molar-refractivity contribution in [2.75, 3.05) is 7.11 Å². The molecule has 0 saturated carbocycles. The Balaban J connectivity index is 2.90. The van der Waals surface area contributed by atoms with Crippen molar-refractivity contribution in [2.45, 2.75) is 19.4 Å². The summed E-state index contributed by atoms with van der Waals surface area (Å²) in [5.41, 5.74) is -1.15. The predicted molar refractivity (Wildman–Crippen MR) is 55.1 cm³/mol. The number of methoxy groups -OCH3 is 1. The number of rotatable bonds is 3. The fourth-order valence-electron chi connectivity index (χ4n) is 1.19. The number of ether oxygens (including phenoxy) is 1. The first kappa shape index (κ1) is 11.2. The first-order valence-corrected chi connectivity index (χ1v) is 5.22. The van der Waals surface area contributed by atoms with Gasteiger partial charge in [0.2, 0.25) is 0 Å². The monoisotopic (exact) mass is 214 g/mol. The molecule has 0 aliphatic heterocycles. The van der Waals surface area contributed by atoms with Crippen LogP contribution in [0.2, 0.25) is 0 Å². The van der Waals surface area contributed by atoms with Crippen LogP contribution in [0.25, 0.3) is 0 Å².